The van der Waals surface area contributed by atoms with Crippen molar-refractivity contribution in [2.45, 2.75) is 47.7 Å². The lowest BCUT2D eigenvalue weighted by molar-refractivity contribution is 0.0977. The summed E-state index contributed by atoms with van der Waals surface area (Å²) in [4.78, 5) is 17.5. The number of guanidine groups is 1. The lowest BCUT2D eigenvalue weighted by Gasteiger charge is -2.13. The van der Waals surface area contributed by atoms with Gasteiger partial charge in [-0.25, -0.2) is 9.38 Å². The zero-order chi connectivity index (χ0) is 22.5. The summed E-state index contributed by atoms with van der Waals surface area (Å²) in [5, 5.41) is 10.5. The Morgan fingerprint density at radius 3 is 2.39 bits per heavy atom. The van der Waals surface area contributed by atoms with Gasteiger partial charge in [0.15, 0.2) is 0 Å². The van der Waals surface area contributed by atoms with Crippen molar-refractivity contribution >= 4 is 17.6 Å². The van der Waals surface area contributed by atoms with E-state index in [1.807, 2.05) is 51.4 Å². The smallest absolute Gasteiger partial charge is 0.257 e. The number of hydrogen-bond acceptors (Lipinski definition) is 3. The van der Waals surface area contributed by atoms with Gasteiger partial charge in [0.05, 0.1) is 12.2 Å². The van der Waals surface area contributed by atoms with Gasteiger partial charge >= 0.3 is 0 Å². The predicted molar refractivity (Wildman–Crippen MR) is 122 cm³/mol. The monoisotopic (exact) mass is 421 g/mol. The number of aromatic nitrogens is 2. The zero-order valence-corrected chi connectivity index (χ0v) is 18.6. The topological polar surface area (TPSA) is 71.3 Å². The Morgan fingerprint density at radius 2 is 1.77 bits per heavy atom. The molecule has 0 saturated heterocycles. The number of benzene rings is 2. The summed E-state index contributed by atoms with van der Waals surface area (Å²) >= 11 is 0. The van der Waals surface area contributed by atoms with Crippen molar-refractivity contribution in [1.29, 1.82) is 0 Å². The number of rotatable bonds is 5. The minimum atomic E-state index is -0.332. The van der Waals surface area contributed by atoms with E-state index >= 15 is 0 Å². The van der Waals surface area contributed by atoms with Crippen LogP contribution in [0.25, 0.3) is 0 Å². The fraction of sp³-hybridized carbons (Fsp3) is 0.292. The van der Waals surface area contributed by atoms with Crippen LogP contribution in [0.2, 0.25) is 0 Å². The fourth-order valence-electron chi connectivity index (χ4n) is 3.27. The number of anilines is 1. The molecule has 0 unspecified atom stereocenters. The zero-order valence-electron chi connectivity index (χ0n) is 18.6. The summed E-state index contributed by atoms with van der Waals surface area (Å²) in [6.07, 6.45) is 0. The largest absolute Gasteiger partial charge is 0.326 e. The van der Waals surface area contributed by atoms with Crippen molar-refractivity contribution in [3.05, 3.63) is 81.9 Å². The van der Waals surface area contributed by atoms with Crippen LogP contribution in [0, 0.1) is 33.5 Å². The van der Waals surface area contributed by atoms with E-state index in [0.717, 1.165) is 34.6 Å². The highest BCUT2D eigenvalue weighted by atomic mass is 19.1. The van der Waals surface area contributed by atoms with Crippen LogP contribution in [0.4, 0.5) is 10.1 Å². The van der Waals surface area contributed by atoms with Crippen molar-refractivity contribution in [3.8, 4) is 0 Å². The number of amides is 1. The molecular formula is C24H28FN5O. The van der Waals surface area contributed by atoms with Crippen LogP contribution in [-0.2, 0) is 13.1 Å². The maximum Gasteiger partial charge on any atom is 0.257 e. The molecule has 0 radical (unpaired) electrons. The molecule has 162 valence electrons. The highest BCUT2D eigenvalue weighted by Crippen LogP contribution is 2.15. The molecular weight excluding hydrogens is 393 g/mol. The van der Waals surface area contributed by atoms with Gasteiger partial charge in [-0.3, -0.25) is 14.8 Å². The quantitative estimate of drug-likeness (QED) is 0.464. The third-order valence-electron chi connectivity index (χ3n) is 5.33. The van der Waals surface area contributed by atoms with Gasteiger partial charge in [-0.15, -0.1) is 0 Å². The molecule has 2 N–H and O–H groups in total. The molecule has 0 fully saturated rings. The first kappa shape index (κ1) is 22.2. The summed E-state index contributed by atoms with van der Waals surface area (Å²) in [6, 6.07) is 11.4. The molecule has 1 aromatic heterocycles. The molecule has 7 heteroatoms. The molecule has 2 aromatic carbocycles. The van der Waals surface area contributed by atoms with Gasteiger partial charge in [0.1, 0.15) is 5.82 Å². The van der Waals surface area contributed by atoms with Crippen molar-refractivity contribution in [3.63, 3.8) is 0 Å². The molecule has 3 rings (SSSR count). The molecule has 0 aliphatic heterocycles. The Bertz CT molecular complexity index is 1120. The van der Waals surface area contributed by atoms with Gasteiger partial charge in [-0.2, -0.15) is 5.10 Å². The predicted octanol–water partition coefficient (Wildman–Crippen LogP) is 4.67. The number of aryl methyl sites for hydroxylation is 4. The summed E-state index contributed by atoms with van der Waals surface area (Å²) < 4.78 is 15.2. The highest BCUT2D eigenvalue weighted by Gasteiger charge is 2.13. The van der Waals surface area contributed by atoms with Crippen molar-refractivity contribution < 1.29 is 9.18 Å². The lowest BCUT2D eigenvalue weighted by Crippen LogP contribution is -2.36. The van der Waals surface area contributed by atoms with E-state index in [9.17, 15) is 9.18 Å². The summed E-state index contributed by atoms with van der Waals surface area (Å²) in [5.74, 6) is -0.312. The van der Waals surface area contributed by atoms with E-state index in [4.69, 9.17) is 0 Å². The molecule has 1 heterocycles. The average Bonchev–Trinajstić information content (AvgIpc) is 3.02. The molecule has 3 aromatic rings. The SMILES string of the molecule is CCn1nc(C)c(CN=C(NC(=O)c2ccc(C)c(C)c2)Nc2ccc(F)cc2)c1C. The first-order valence-electron chi connectivity index (χ1n) is 10.3. The Labute approximate surface area is 182 Å². The minimum absolute atomic E-state index is 0.269. The van der Waals surface area contributed by atoms with Crippen LogP contribution in [0.15, 0.2) is 47.5 Å². The van der Waals surface area contributed by atoms with Crippen LogP contribution in [0.5, 0.6) is 0 Å². The Hall–Kier alpha value is -3.48. The van der Waals surface area contributed by atoms with Gasteiger partial charge in [0, 0.05) is 29.1 Å². The molecule has 0 atom stereocenters. The van der Waals surface area contributed by atoms with Gasteiger partial charge in [-0.05, 0) is 82.1 Å². The van der Waals surface area contributed by atoms with Gasteiger partial charge in [0.25, 0.3) is 5.91 Å². The number of nitrogens with zero attached hydrogens (tertiary/aromatic N) is 3. The maximum atomic E-state index is 13.3. The number of carbonyl (C=O) groups excluding carboxylic acids is 1. The number of hydrogen-bond donors (Lipinski definition) is 2. The number of aliphatic imine (C=N–C) groups is 1. The highest BCUT2D eigenvalue weighted by molar-refractivity contribution is 6.10. The van der Waals surface area contributed by atoms with E-state index in [1.165, 1.54) is 12.1 Å². The van der Waals surface area contributed by atoms with Crippen LogP contribution in [0.1, 0.15) is 45.4 Å². The van der Waals surface area contributed by atoms with Crippen LogP contribution in [-0.4, -0.2) is 21.6 Å². The molecule has 0 aliphatic rings. The molecule has 0 bridgehead atoms. The van der Waals surface area contributed by atoms with Gasteiger partial charge in [-0.1, -0.05) is 6.07 Å². The van der Waals surface area contributed by atoms with Crippen LogP contribution in [0.3, 0.4) is 0 Å². The summed E-state index contributed by atoms with van der Waals surface area (Å²) in [7, 11) is 0. The minimum Gasteiger partial charge on any atom is -0.326 e. The molecule has 0 aliphatic carbocycles. The van der Waals surface area contributed by atoms with Crippen molar-refractivity contribution in [2.75, 3.05) is 5.32 Å². The summed E-state index contributed by atoms with van der Waals surface area (Å²) in [5.41, 5.74) is 6.29. The standard InChI is InChI=1S/C24H28FN5O/c1-6-30-18(5)22(17(4)29-30)14-26-24(27-21-11-9-20(25)10-12-21)28-23(31)19-8-7-15(2)16(3)13-19/h7-13H,6,14H2,1-5H3,(H2,26,27,28,31). The second kappa shape index (κ2) is 9.55. The third-order valence-corrected chi connectivity index (χ3v) is 5.33. The average molecular weight is 422 g/mol. The van der Waals surface area contributed by atoms with E-state index in [1.54, 1.807) is 18.2 Å². The molecule has 0 saturated carbocycles. The van der Waals surface area contributed by atoms with Crippen molar-refractivity contribution in [1.82, 2.24) is 15.1 Å². The third kappa shape index (κ3) is 5.36. The van der Waals surface area contributed by atoms with Crippen LogP contribution < -0.4 is 10.6 Å². The second-order valence-electron chi connectivity index (χ2n) is 7.52. The molecule has 31 heavy (non-hydrogen) atoms. The first-order chi connectivity index (χ1) is 14.8. The fourth-order valence-corrected chi connectivity index (χ4v) is 3.27. The van der Waals surface area contributed by atoms with E-state index in [0.29, 0.717) is 17.8 Å². The molecule has 6 nitrogen and oxygen atoms in total. The van der Waals surface area contributed by atoms with Gasteiger partial charge in [0.2, 0.25) is 5.96 Å². The van der Waals surface area contributed by atoms with Gasteiger partial charge < -0.3 is 5.32 Å². The van der Waals surface area contributed by atoms with E-state index in [-0.39, 0.29) is 17.7 Å². The number of carbonyl (C=O) groups is 1. The Balaban J connectivity index is 1.87. The maximum absolute atomic E-state index is 13.3. The number of nitrogens with one attached hydrogen (secondary N) is 2. The Morgan fingerprint density at radius 1 is 1.06 bits per heavy atom. The number of halogens is 1. The molecule has 1 amide bonds. The van der Waals surface area contributed by atoms with E-state index in [2.05, 4.69) is 20.7 Å². The molecule has 0 spiro atoms. The first-order valence-corrected chi connectivity index (χ1v) is 10.3. The summed E-state index contributed by atoms with van der Waals surface area (Å²) in [6.45, 7) is 11.1. The normalized spacial score (nSPS) is 11.5. The van der Waals surface area contributed by atoms with E-state index < -0.39 is 0 Å². The van der Waals surface area contributed by atoms with Crippen LogP contribution >= 0.6 is 0 Å². The Kier molecular flexibility index (Phi) is 6.84. The van der Waals surface area contributed by atoms with Crippen molar-refractivity contribution in [2.24, 2.45) is 4.99 Å². The lowest BCUT2D eigenvalue weighted by atomic mass is 10.1. The second-order valence-corrected chi connectivity index (χ2v) is 7.52.